The van der Waals surface area contributed by atoms with E-state index >= 15 is 0 Å². The minimum absolute atomic E-state index is 0.0651. The predicted octanol–water partition coefficient (Wildman–Crippen LogP) is 3.32. The van der Waals surface area contributed by atoms with Gasteiger partial charge in [0, 0.05) is 6.42 Å². The molecule has 8 heteroatoms. The summed E-state index contributed by atoms with van der Waals surface area (Å²) < 4.78 is 5.41. The van der Waals surface area contributed by atoms with E-state index in [-0.39, 0.29) is 30.5 Å². The molecule has 176 valence electrons. The molecule has 1 fully saturated rings. The van der Waals surface area contributed by atoms with Crippen LogP contribution in [0.2, 0.25) is 0 Å². The second-order valence-corrected chi connectivity index (χ2v) is 9.44. The van der Waals surface area contributed by atoms with Crippen molar-refractivity contribution in [1.29, 1.82) is 0 Å². The van der Waals surface area contributed by atoms with E-state index in [1.807, 2.05) is 35.7 Å². The van der Waals surface area contributed by atoms with Crippen LogP contribution in [0.4, 0.5) is 0 Å². The van der Waals surface area contributed by atoms with Gasteiger partial charge >= 0.3 is 0 Å². The highest BCUT2D eigenvalue weighted by Crippen LogP contribution is 2.26. The van der Waals surface area contributed by atoms with Gasteiger partial charge in [-0.25, -0.2) is 0 Å². The van der Waals surface area contributed by atoms with Gasteiger partial charge in [-0.15, -0.1) is 11.3 Å². The summed E-state index contributed by atoms with van der Waals surface area (Å²) in [5, 5.41) is 17.1. The van der Waals surface area contributed by atoms with Crippen LogP contribution in [0.5, 0.6) is 5.75 Å². The third-order valence-electron chi connectivity index (χ3n) is 6.17. The SMILES string of the molecule is CC1OCC(=O)C1(C)NC(=O)C(Cc1ccc(O)cc1)NC(=O)c1cc(-c2ccccc2)cs1. The number of ether oxygens (including phenoxy) is 1. The second kappa shape index (κ2) is 9.79. The van der Waals surface area contributed by atoms with E-state index in [1.54, 1.807) is 32.0 Å². The third kappa shape index (κ3) is 5.03. The van der Waals surface area contributed by atoms with Crippen molar-refractivity contribution < 1.29 is 24.2 Å². The largest absolute Gasteiger partial charge is 0.508 e. The number of rotatable bonds is 7. The third-order valence-corrected chi connectivity index (χ3v) is 7.10. The zero-order chi connectivity index (χ0) is 24.3. The second-order valence-electron chi connectivity index (χ2n) is 8.53. The molecule has 0 saturated carbocycles. The van der Waals surface area contributed by atoms with E-state index < -0.39 is 23.6 Å². The summed E-state index contributed by atoms with van der Waals surface area (Å²) in [5.74, 6) is -0.961. The maximum absolute atomic E-state index is 13.3. The molecule has 2 amide bonds. The van der Waals surface area contributed by atoms with E-state index in [1.165, 1.54) is 23.5 Å². The van der Waals surface area contributed by atoms with Crippen LogP contribution >= 0.6 is 11.3 Å². The van der Waals surface area contributed by atoms with Gasteiger partial charge in [0.25, 0.3) is 5.91 Å². The highest BCUT2D eigenvalue weighted by molar-refractivity contribution is 7.12. The van der Waals surface area contributed by atoms with Crippen molar-refractivity contribution in [1.82, 2.24) is 10.6 Å². The van der Waals surface area contributed by atoms with Crippen molar-refractivity contribution in [3.05, 3.63) is 76.5 Å². The fraction of sp³-hybridized carbons (Fsp3) is 0.269. The lowest BCUT2D eigenvalue weighted by molar-refractivity contribution is -0.130. The first-order chi connectivity index (χ1) is 16.3. The molecule has 0 bridgehead atoms. The number of benzene rings is 2. The Morgan fingerprint density at radius 1 is 1.15 bits per heavy atom. The fourth-order valence-electron chi connectivity index (χ4n) is 3.80. The van der Waals surface area contributed by atoms with Gasteiger partial charge in [-0.1, -0.05) is 42.5 Å². The summed E-state index contributed by atoms with van der Waals surface area (Å²) in [5.41, 5.74) is 1.50. The van der Waals surface area contributed by atoms with Crippen LogP contribution < -0.4 is 10.6 Å². The summed E-state index contributed by atoms with van der Waals surface area (Å²) in [4.78, 5) is 39.2. The number of aromatic hydroxyl groups is 1. The lowest BCUT2D eigenvalue weighted by Crippen LogP contribution is -2.60. The number of carbonyl (C=O) groups excluding carboxylic acids is 3. The Hall–Kier alpha value is -3.49. The Bertz CT molecular complexity index is 1190. The summed E-state index contributed by atoms with van der Waals surface area (Å²) in [6.07, 6.45) is -0.298. The molecule has 34 heavy (non-hydrogen) atoms. The van der Waals surface area contributed by atoms with Gasteiger partial charge in [-0.05, 0) is 54.1 Å². The average molecular weight is 479 g/mol. The van der Waals surface area contributed by atoms with Gasteiger partial charge in [-0.2, -0.15) is 0 Å². The van der Waals surface area contributed by atoms with Crippen molar-refractivity contribution in [2.45, 2.75) is 38.0 Å². The van der Waals surface area contributed by atoms with Gasteiger partial charge in [0.2, 0.25) is 5.91 Å². The Kier molecular flexibility index (Phi) is 6.81. The quantitative estimate of drug-likeness (QED) is 0.483. The molecule has 3 N–H and O–H groups in total. The zero-order valence-corrected chi connectivity index (χ0v) is 19.7. The number of amides is 2. The zero-order valence-electron chi connectivity index (χ0n) is 18.9. The molecule has 2 heterocycles. The van der Waals surface area contributed by atoms with E-state index in [9.17, 15) is 19.5 Å². The number of carbonyl (C=O) groups is 3. The monoisotopic (exact) mass is 478 g/mol. The summed E-state index contributed by atoms with van der Waals surface area (Å²) >= 11 is 1.30. The van der Waals surface area contributed by atoms with E-state index in [0.29, 0.717) is 4.88 Å². The van der Waals surface area contributed by atoms with Crippen molar-refractivity contribution in [3.63, 3.8) is 0 Å². The predicted molar refractivity (Wildman–Crippen MR) is 130 cm³/mol. The van der Waals surface area contributed by atoms with Crippen molar-refractivity contribution in [3.8, 4) is 16.9 Å². The minimum Gasteiger partial charge on any atom is -0.508 e. The highest BCUT2D eigenvalue weighted by Gasteiger charge is 2.47. The lowest BCUT2D eigenvalue weighted by atomic mass is 9.92. The molecule has 1 aliphatic heterocycles. The van der Waals surface area contributed by atoms with E-state index in [2.05, 4.69) is 10.6 Å². The molecule has 0 radical (unpaired) electrons. The number of ketones is 1. The molecular formula is C26H26N2O5S. The number of thiophene rings is 1. The van der Waals surface area contributed by atoms with Crippen LogP contribution in [-0.4, -0.2) is 47.0 Å². The Morgan fingerprint density at radius 2 is 1.85 bits per heavy atom. The van der Waals surface area contributed by atoms with Gasteiger partial charge in [0.15, 0.2) is 5.78 Å². The fourth-order valence-corrected chi connectivity index (χ4v) is 4.62. The molecule has 1 aliphatic rings. The van der Waals surface area contributed by atoms with Gasteiger partial charge < -0.3 is 20.5 Å². The Balaban J connectivity index is 1.54. The number of phenolic OH excluding ortho intramolecular Hbond substituents is 1. The molecule has 2 aromatic carbocycles. The van der Waals surface area contributed by atoms with Crippen LogP contribution in [0.3, 0.4) is 0 Å². The van der Waals surface area contributed by atoms with Crippen LogP contribution in [0.15, 0.2) is 66.0 Å². The number of hydrogen-bond acceptors (Lipinski definition) is 6. The smallest absolute Gasteiger partial charge is 0.262 e. The molecule has 3 unspecified atom stereocenters. The minimum atomic E-state index is -1.17. The molecule has 0 aliphatic carbocycles. The van der Waals surface area contributed by atoms with Crippen molar-refractivity contribution in [2.24, 2.45) is 0 Å². The summed E-state index contributed by atoms with van der Waals surface area (Å²) in [7, 11) is 0. The van der Waals surface area contributed by atoms with Crippen LogP contribution in [0.1, 0.15) is 29.1 Å². The van der Waals surface area contributed by atoms with Crippen LogP contribution in [0.25, 0.3) is 11.1 Å². The lowest BCUT2D eigenvalue weighted by Gasteiger charge is -2.29. The number of nitrogens with one attached hydrogen (secondary N) is 2. The standard InChI is InChI=1S/C26H26N2O5S/c1-16-26(2,23(30)14-33-16)28-24(31)21(12-17-8-10-20(29)11-9-17)27-25(32)22-13-19(15-34-22)18-6-4-3-5-7-18/h3-11,13,15-16,21,29H,12,14H2,1-2H3,(H,27,32)(H,28,31). The Morgan fingerprint density at radius 3 is 2.50 bits per heavy atom. The van der Waals surface area contributed by atoms with Crippen molar-refractivity contribution in [2.75, 3.05) is 6.61 Å². The molecule has 3 aromatic rings. The summed E-state index contributed by atoms with van der Waals surface area (Å²) in [6, 6.07) is 17.0. The van der Waals surface area contributed by atoms with Gasteiger partial charge in [0.1, 0.15) is 23.9 Å². The van der Waals surface area contributed by atoms with Crippen molar-refractivity contribution >= 4 is 28.9 Å². The number of phenols is 1. The van der Waals surface area contributed by atoms with Crippen LogP contribution in [-0.2, 0) is 20.7 Å². The Labute approximate surface area is 201 Å². The molecule has 1 aromatic heterocycles. The summed E-state index contributed by atoms with van der Waals surface area (Å²) in [6.45, 7) is 3.30. The van der Waals surface area contributed by atoms with E-state index in [4.69, 9.17) is 4.74 Å². The first-order valence-corrected chi connectivity index (χ1v) is 11.8. The number of hydrogen-bond donors (Lipinski definition) is 3. The first-order valence-electron chi connectivity index (χ1n) is 11.0. The average Bonchev–Trinajstić information content (AvgIpc) is 3.42. The molecule has 1 saturated heterocycles. The normalized spacial score (nSPS) is 20.6. The molecule has 4 rings (SSSR count). The molecular weight excluding hydrogens is 452 g/mol. The van der Waals surface area contributed by atoms with E-state index in [0.717, 1.165) is 16.7 Å². The first kappa shape index (κ1) is 23.7. The maximum atomic E-state index is 13.3. The van der Waals surface area contributed by atoms with Gasteiger partial charge in [-0.3, -0.25) is 14.4 Å². The topological polar surface area (TPSA) is 105 Å². The maximum Gasteiger partial charge on any atom is 0.262 e. The molecule has 3 atom stereocenters. The van der Waals surface area contributed by atoms with Gasteiger partial charge in [0.05, 0.1) is 11.0 Å². The molecule has 7 nitrogen and oxygen atoms in total. The highest BCUT2D eigenvalue weighted by atomic mass is 32.1. The number of Topliss-reactive ketones (excluding diaryl/α,β-unsaturated/α-hetero) is 1. The van der Waals surface area contributed by atoms with Crippen LogP contribution in [0, 0.1) is 0 Å². The molecule has 0 spiro atoms.